The maximum atomic E-state index is 11.9. The van der Waals surface area contributed by atoms with Gasteiger partial charge in [-0.15, -0.1) is 0 Å². The summed E-state index contributed by atoms with van der Waals surface area (Å²) in [6, 6.07) is 12.9. The molecule has 2 aromatic carbocycles. The Morgan fingerprint density at radius 3 is 2.57 bits per heavy atom. The van der Waals surface area contributed by atoms with E-state index in [1.807, 2.05) is 30.3 Å². The molecule has 2 rings (SSSR count). The number of nitrogen functional groups attached to an aromatic ring is 1. The van der Waals surface area contributed by atoms with E-state index in [2.05, 4.69) is 5.48 Å². The molecule has 108 valence electrons. The van der Waals surface area contributed by atoms with E-state index in [9.17, 15) is 14.9 Å². The summed E-state index contributed by atoms with van der Waals surface area (Å²) in [6.45, 7) is 0.208. The fourth-order valence-corrected chi connectivity index (χ4v) is 1.68. The fraction of sp³-hybridized carbons (Fsp3) is 0.0714. The van der Waals surface area contributed by atoms with Gasteiger partial charge in [-0.25, -0.2) is 5.48 Å². The molecule has 0 aliphatic rings. The number of nitro benzene ring substituents is 1. The van der Waals surface area contributed by atoms with Gasteiger partial charge in [-0.2, -0.15) is 0 Å². The number of carbonyl (C=O) groups excluding carboxylic acids is 1. The largest absolute Gasteiger partial charge is 0.398 e. The molecule has 2 aromatic rings. The number of anilines is 1. The highest BCUT2D eigenvalue weighted by molar-refractivity contribution is 5.98. The second-order valence-electron chi connectivity index (χ2n) is 4.23. The minimum Gasteiger partial charge on any atom is -0.398 e. The van der Waals surface area contributed by atoms with Crippen molar-refractivity contribution in [2.24, 2.45) is 0 Å². The van der Waals surface area contributed by atoms with Gasteiger partial charge in [0.05, 0.1) is 22.8 Å². The van der Waals surface area contributed by atoms with Crippen molar-refractivity contribution in [3.8, 4) is 0 Å². The lowest BCUT2D eigenvalue weighted by molar-refractivity contribution is -0.384. The monoisotopic (exact) mass is 287 g/mol. The summed E-state index contributed by atoms with van der Waals surface area (Å²) < 4.78 is 0. The number of non-ortho nitro benzene ring substituents is 1. The molecule has 0 aliphatic heterocycles. The van der Waals surface area contributed by atoms with Crippen LogP contribution in [0.4, 0.5) is 11.4 Å². The Balaban J connectivity index is 1.96. The zero-order valence-electron chi connectivity index (χ0n) is 11.0. The van der Waals surface area contributed by atoms with Gasteiger partial charge < -0.3 is 5.73 Å². The second-order valence-corrected chi connectivity index (χ2v) is 4.23. The summed E-state index contributed by atoms with van der Waals surface area (Å²) in [5.41, 5.74) is 8.73. The molecule has 0 radical (unpaired) electrons. The Morgan fingerprint density at radius 2 is 1.95 bits per heavy atom. The molecule has 0 heterocycles. The molecule has 21 heavy (non-hydrogen) atoms. The molecule has 0 spiro atoms. The third-order valence-electron chi connectivity index (χ3n) is 2.74. The van der Waals surface area contributed by atoms with Crippen LogP contribution in [0.15, 0.2) is 48.5 Å². The van der Waals surface area contributed by atoms with Crippen molar-refractivity contribution in [1.82, 2.24) is 5.48 Å². The van der Waals surface area contributed by atoms with Gasteiger partial charge in [-0.1, -0.05) is 30.3 Å². The van der Waals surface area contributed by atoms with Crippen LogP contribution < -0.4 is 11.2 Å². The van der Waals surface area contributed by atoms with E-state index in [1.165, 1.54) is 12.1 Å². The lowest BCUT2D eigenvalue weighted by Crippen LogP contribution is -2.24. The topological polar surface area (TPSA) is 107 Å². The normalized spacial score (nSPS) is 10.1. The third kappa shape index (κ3) is 3.77. The molecule has 0 unspecified atom stereocenters. The Labute approximate surface area is 120 Å². The number of carbonyl (C=O) groups is 1. The molecule has 3 N–H and O–H groups in total. The van der Waals surface area contributed by atoms with Crippen LogP contribution >= 0.6 is 0 Å². The third-order valence-corrected chi connectivity index (χ3v) is 2.74. The van der Waals surface area contributed by atoms with Gasteiger partial charge >= 0.3 is 0 Å². The predicted octanol–water partition coefficient (Wildman–Crippen LogP) is 2.04. The van der Waals surface area contributed by atoms with E-state index in [0.717, 1.165) is 11.6 Å². The first kappa shape index (κ1) is 14.5. The Kier molecular flexibility index (Phi) is 4.47. The van der Waals surface area contributed by atoms with Crippen molar-refractivity contribution in [2.75, 3.05) is 5.73 Å². The van der Waals surface area contributed by atoms with Crippen molar-refractivity contribution in [3.05, 3.63) is 69.8 Å². The number of rotatable bonds is 5. The summed E-state index contributed by atoms with van der Waals surface area (Å²) >= 11 is 0. The van der Waals surface area contributed by atoms with E-state index in [1.54, 1.807) is 0 Å². The molecular formula is C14H13N3O4. The predicted molar refractivity (Wildman–Crippen MR) is 76.2 cm³/mol. The molecule has 7 heteroatoms. The minimum absolute atomic E-state index is 0.0185. The average Bonchev–Trinajstić information content (AvgIpc) is 2.48. The van der Waals surface area contributed by atoms with Crippen LogP contribution in [0.2, 0.25) is 0 Å². The lowest BCUT2D eigenvalue weighted by Gasteiger charge is -2.07. The van der Waals surface area contributed by atoms with Crippen molar-refractivity contribution < 1.29 is 14.6 Å². The molecule has 1 amide bonds. The first-order valence-corrected chi connectivity index (χ1v) is 6.08. The zero-order chi connectivity index (χ0) is 15.2. The average molecular weight is 287 g/mol. The van der Waals surface area contributed by atoms with Crippen LogP contribution in [0.25, 0.3) is 0 Å². The standard InChI is InChI=1S/C14H13N3O4/c15-13-8-11(17(19)20)6-7-12(13)14(18)16-21-9-10-4-2-1-3-5-10/h1-8H,9,15H2,(H,16,18). The molecule has 0 aliphatic carbocycles. The number of nitrogens with two attached hydrogens (primary N) is 1. The lowest BCUT2D eigenvalue weighted by atomic mass is 10.1. The summed E-state index contributed by atoms with van der Waals surface area (Å²) in [5.74, 6) is -0.557. The van der Waals surface area contributed by atoms with Gasteiger partial charge in [0.1, 0.15) is 0 Å². The molecule has 0 saturated carbocycles. The van der Waals surface area contributed by atoms with E-state index < -0.39 is 10.8 Å². The van der Waals surface area contributed by atoms with Crippen molar-refractivity contribution >= 4 is 17.3 Å². The van der Waals surface area contributed by atoms with Gasteiger partial charge in [0, 0.05) is 12.1 Å². The number of hydrogen-bond donors (Lipinski definition) is 2. The first-order valence-electron chi connectivity index (χ1n) is 6.08. The zero-order valence-corrected chi connectivity index (χ0v) is 11.0. The summed E-state index contributed by atoms with van der Waals surface area (Å²) in [6.07, 6.45) is 0. The van der Waals surface area contributed by atoms with E-state index >= 15 is 0 Å². The van der Waals surface area contributed by atoms with Gasteiger partial charge in [0.2, 0.25) is 0 Å². The van der Waals surface area contributed by atoms with Gasteiger partial charge in [0.15, 0.2) is 0 Å². The molecule has 0 aromatic heterocycles. The number of amides is 1. The van der Waals surface area contributed by atoms with Crippen LogP contribution in [-0.2, 0) is 11.4 Å². The highest BCUT2D eigenvalue weighted by Crippen LogP contribution is 2.19. The fourth-order valence-electron chi connectivity index (χ4n) is 1.68. The van der Waals surface area contributed by atoms with Crippen molar-refractivity contribution in [1.29, 1.82) is 0 Å². The summed E-state index contributed by atoms with van der Waals surface area (Å²) in [5, 5.41) is 10.6. The number of hydrogen-bond acceptors (Lipinski definition) is 5. The maximum Gasteiger partial charge on any atom is 0.276 e. The van der Waals surface area contributed by atoms with Gasteiger partial charge in [0.25, 0.3) is 11.6 Å². The first-order chi connectivity index (χ1) is 10.1. The van der Waals surface area contributed by atoms with Gasteiger partial charge in [-0.3, -0.25) is 19.7 Å². The molecule has 7 nitrogen and oxygen atoms in total. The number of nitrogens with zero attached hydrogens (tertiary/aromatic N) is 1. The Bertz CT molecular complexity index is 659. The Hall–Kier alpha value is -2.93. The number of hydroxylamine groups is 1. The van der Waals surface area contributed by atoms with E-state index in [4.69, 9.17) is 10.6 Å². The number of benzene rings is 2. The van der Waals surface area contributed by atoms with Crippen LogP contribution in [-0.4, -0.2) is 10.8 Å². The molecule has 0 fully saturated rings. The highest BCUT2D eigenvalue weighted by atomic mass is 16.7. The molecular weight excluding hydrogens is 274 g/mol. The summed E-state index contributed by atoms with van der Waals surface area (Å²) in [7, 11) is 0. The summed E-state index contributed by atoms with van der Waals surface area (Å²) in [4.78, 5) is 26.9. The van der Waals surface area contributed by atoms with Crippen molar-refractivity contribution in [2.45, 2.75) is 6.61 Å². The van der Waals surface area contributed by atoms with Crippen LogP contribution in [0, 0.1) is 10.1 Å². The van der Waals surface area contributed by atoms with Crippen LogP contribution in [0.3, 0.4) is 0 Å². The Morgan fingerprint density at radius 1 is 1.24 bits per heavy atom. The van der Waals surface area contributed by atoms with Crippen LogP contribution in [0.1, 0.15) is 15.9 Å². The minimum atomic E-state index is -0.579. The molecule has 0 atom stereocenters. The van der Waals surface area contributed by atoms with Crippen molar-refractivity contribution in [3.63, 3.8) is 0 Å². The highest BCUT2D eigenvalue weighted by Gasteiger charge is 2.14. The van der Waals surface area contributed by atoms with E-state index in [-0.39, 0.29) is 23.5 Å². The molecule has 0 bridgehead atoms. The van der Waals surface area contributed by atoms with Crippen LogP contribution in [0.5, 0.6) is 0 Å². The van der Waals surface area contributed by atoms with E-state index in [0.29, 0.717) is 0 Å². The number of nitro groups is 1. The quantitative estimate of drug-likeness (QED) is 0.497. The number of nitrogens with one attached hydrogen (secondary N) is 1. The van der Waals surface area contributed by atoms with Gasteiger partial charge in [-0.05, 0) is 11.6 Å². The smallest absolute Gasteiger partial charge is 0.276 e. The molecule has 0 saturated heterocycles. The second kappa shape index (κ2) is 6.49. The maximum absolute atomic E-state index is 11.9. The SMILES string of the molecule is Nc1cc([N+](=O)[O-])ccc1C(=O)NOCc1ccccc1.